The van der Waals surface area contributed by atoms with Gasteiger partial charge in [0, 0.05) is 17.5 Å². The van der Waals surface area contributed by atoms with Crippen molar-refractivity contribution in [2.45, 2.75) is 5.33 Å². The zero-order valence-corrected chi connectivity index (χ0v) is 11.1. The largest absolute Gasteiger partial charge is 0.293 e. The molecule has 0 aliphatic heterocycles. The Bertz CT molecular complexity index is 743. The number of hydrogen-bond acceptors (Lipinski definition) is 1. The first-order valence-corrected chi connectivity index (χ1v) is 6.76. The minimum Gasteiger partial charge on any atom is -0.293 e. The van der Waals surface area contributed by atoms with E-state index in [2.05, 4.69) is 21.0 Å². The fraction of sp³-hybridized carbons (Fsp3) is 0.0714. The van der Waals surface area contributed by atoms with Gasteiger partial charge in [0.1, 0.15) is 0 Å². The number of alkyl halides is 1. The predicted octanol–water partition coefficient (Wildman–Crippen LogP) is 3.19. The van der Waals surface area contributed by atoms with E-state index < -0.39 is 0 Å². The minimum atomic E-state index is 0.0306. The summed E-state index contributed by atoms with van der Waals surface area (Å²) in [6, 6.07) is 15.3. The number of H-pyrrole nitrogens is 1. The highest BCUT2D eigenvalue weighted by Crippen LogP contribution is 2.19. The molecule has 0 fully saturated rings. The molecule has 0 saturated heterocycles. The van der Waals surface area contributed by atoms with Crippen LogP contribution in [0.15, 0.2) is 53.3 Å². The Morgan fingerprint density at radius 2 is 1.89 bits per heavy atom. The van der Waals surface area contributed by atoms with Gasteiger partial charge in [0.2, 0.25) is 0 Å². The molecule has 2 heterocycles. The van der Waals surface area contributed by atoms with E-state index in [0.717, 1.165) is 22.5 Å². The zero-order chi connectivity index (χ0) is 12.5. The molecule has 0 amide bonds. The van der Waals surface area contributed by atoms with E-state index in [1.54, 1.807) is 12.1 Å². The van der Waals surface area contributed by atoms with Gasteiger partial charge in [0.05, 0.1) is 16.9 Å². The van der Waals surface area contributed by atoms with Crippen LogP contribution < -0.4 is 5.43 Å². The number of pyridine rings is 1. The summed E-state index contributed by atoms with van der Waals surface area (Å²) in [4.78, 5) is 11.6. The van der Waals surface area contributed by atoms with Gasteiger partial charge in [-0.3, -0.25) is 14.4 Å². The van der Waals surface area contributed by atoms with Crippen LogP contribution in [0, 0.1) is 0 Å². The van der Waals surface area contributed by atoms with Crippen molar-refractivity contribution < 1.29 is 0 Å². The second-order valence-electron chi connectivity index (χ2n) is 4.11. The molecule has 3 rings (SSSR count). The quantitative estimate of drug-likeness (QED) is 0.725. The Labute approximate surface area is 112 Å². The molecule has 0 aliphatic carbocycles. The summed E-state index contributed by atoms with van der Waals surface area (Å²) in [5.41, 5.74) is 3.94. The number of nitrogens with zero attached hydrogens (tertiary/aromatic N) is 1. The number of nitrogens with one attached hydrogen (secondary N) is 1. The number of rotatable bonds is 2. The number of aromatic amines is 1. The van der Waals surface area contributed by atoms with E-state index in [0.29, 0.717) is 5.33 Å². The Morgan fingerprint density at radius 1 is 1.11 bits per heavy atom. The number of aromatic nitrogens is 2. The van der Waals surface area contributed by atoms with E-state index in [1.807, 2.05) is 40.9 Å². The highest BCUT2D eigenvalue weighted by Gasteiger charge is 2.06. The SMILES string of the molecule is O=c1cc(CBr)n2[nH]c(-c3ccccc3)cc2c1. The molecule has 18 heavy (non-hydrogen) atoms. The van der Waals surface area contributed by atoms with Gasteiger partial charge in [0.15, 0.2) is 5.43 Å². The number of fused-ring (bicyclic) bond motifs is 1. The lowest BCUT2D eigenvalue weighted by molar-refractivity contribution is 0.910. The summed E-state index contributed by atoms with van der Waals surface area (Å²) in [5, 5.41) is 3.94. The summed E-state index contributed by atoms with van der Waals surface area (Å²) in [7, 11) is 0. The van der Waals surface area contributed by atoms with Gasteiger partial charge in [-0.2, -0.15) is 0 Å². The molecule has 1 N–H and O–H groups in total. The first-order chi connectivity index (χ1) is 8.78. The first kappa shape index (κ1) is 11.3. The Morgan fingerprint density at radius 3 is 2.61 bits per heavy atom. The normalized spacial score (nSPS) is 10.9. The van der Waals surface area contributed by atoms with Crippen molar-refractivity contribution in [3.05, 3.63) is 64.4 Å². The third-order valence-corrected chi connectivity index (χ3v) is 3.47. The van der Waals surface area contributed by atoms with Crippen LogP contribution >= 0.6 is 15.9 Å². The highest BCUT2D eigenvalue weighted by molar-refractivity contribution is 9.08. The Kier molecular flexibility index (Phi) is 2.80. The van der Waals surface area contributed by atoms with Crippen molar-refractivity contribution in [3.63, 3.8) is 0 Å². The predicted molar refractivity (Wildman–Crippen MR) is 76.1 cm³/mol. The maximum Gasteiger partial charge on any atom is 0.182 e. The van der Waals surface area contributed by atoms with Gasteiger partial charge in [-0.1, -0.05) is 46.3 Å². The maximum atomic E-state index is 11.6. The molecular formula is C14H11BrN2O. The molecule has 0 atom stereocenters. The molecule has 0 spiro atoms. The fourth-order valence-corrected chi connectivity index (χ4v) is 2.47. The van der Waals surface area contributed by atoms with Crippen molar-refractivity contribution in [2.24, 2.45) is 0 Å². The number of hydrogen-bond donors (Lipinski definition) is 1. The Balaban J connectivity index is 2.26. The van der Waals surface area contributed by atoms with Crippen molar-refractivity contribution in [3.8, 4) is 11.3 Å². The van der Waals surface area contributed by atoms with E-state index in [1.165, 1.54) is 0 Å². The van der Waals surface area contributed by atoms with Crippen LogP contribution in [0.5, 0.6) is 0 Å². The molecule has 0 unspecified atom stereocenters. The second kappa shape index (κ2) is 4.46. The summed E-state index contributed by atoms with van der Waals surface area (Å²) in [5.74, 6) is 0. The topological polar surface area (TPSA) is 37.3 Å². The van der Waals surface area contributed by atoms with Crippen LogP contribution in [0.4, 0.5) is 0 Å². The molecule has 0 radical (unpaired) electrons. The first-order valence-electron chi connectivity index (χ1n) is 5.64. The van der Waals surface area contributed by atoms with Crippen molar-refractivity contribution in [1.82, 2.24) is 9.61 Å². The smallest absolute Gasteiger partial charge is 0.182 e. The van der Waals surface area contributed by atoms with Crippen LogP contribution in [0.2, 0.25) is 0 Å². The molecule has 1 aromatic carbocycles. The fourth-order valence-electron chi connectivity index (χ4n) is 2.05. The number of halogens is 1. The molecule has 0 bridgehead atoms. The third-order valence-electron chi connectivity index (χ3n) is 2.89. The van der Waals surface area contributed by atoms with Gasteiger partial charge >= 0.3 is 0 Å². The zero-order valence-electron chi connectivity index (χ0n) is 9.56. The lowest BCUT2D eigenvalue weighted by Gasteiger charge is -2.00. The standard InChI is InChI=1S/C14H11BrN2O/c15-9-12-7-13(18)6-11-8-14(16-17(11)12)10-4-2-1-3-5-10/h1-8,16H,9H2. The van der Waals surface area contributed by atoms with Crippen molar-refractivity contribution in [2.75, 3.05) is 0 Å². The highest BCUT2D eigenvalue weighted by atomic mass is 79.9. The van der Waals surface area contributed by atoms with Crippen LogP contribution in [0.3, 0.4) is 0 Å². The van der Waals surface area contributed by atoms with E-state index in [-0.39, 0.29) is 5.43 Å². The van der Waals surface area contributed by atoms with Crippen molar-refractivity contribution in [1.29, 1.82) is 0 Å². The van der Waals surface area contributed by atoms with Crippen LogP contribution in [-0.2, 0) is 5.33 Å². The summed E-state index contributed by atoms with van der Waals surface area (Å²) < 4.78 is 1.93. The molecule has 2 aromatic heterocycles. The summed E-state index contributed by atoms with van der Waals surface area (Å²) in [6.07, 6.45) is 0. The van der Waals surface area contributed by atoms with Crippen LogP contribution in [0.25, 0.3) is 16.8 Å². The molecular weight excluding hydrogens is 292 g/mol. The van der Waals surface area contributed by atoms with Crippen molar-refractivity contribution >= 4 is 21.4 Å². The van der Waals surface area contributed by atoms with E-state index in [9.17, 15) is 4.79 Å². The molecule has 3 nitrogen and oxygen atoms in total. The maximum absolute atomic E-state index is 11.6. The minimum absolute atomic E-state index is 0.0306. The van der Waals surface area contributed by atoms with Crippen LogP contribution in [0.1, 0.15) is 5.69 Å². The molecule has 90 valence electrons. The number of benzene rings is 1. The second-order valence-corrected chi connectivity index (χ2v) is 4.67. The average Bonchev–Trinajstić information content (AvgIpc) is 2.82. The summed E-state index contributed by atoms with van der Waals surface area (Å²) >= 11 is 3.40. The molecule has 0 saturated carbocycles. The lowest BCUT2D eigenvalue weighted by atomic mass is 10.1. The van der Waals surface area contributed by atoms with Gasteiger partial charge in [-0.15, -0.1) is 0 Å². The molecule has 3 aromatic rings. The Hall–Kier alpha value is -1.81. The van der Waals surface area contributed by atoms with Gasteiger partial charge in [-0.25, -0.2) is 0 Å². The average molecular weight is 303 g/mol. The third kappa shape index (κ3) is 1.88. The van der Waals surface area contributed by atoms with Crippen LogP contribution in [-0.4, -0.2) is 9.61 Å². The van der Waals surface area contributed by atoms with E-state index in [4.69, 9.17) is 0 Å². The van der Waals surface area contributed by atoms with Gasteiger partial charge < -0.3 is 0 Å². The van der Waals surface area contributed by atoms with E-state index >= 15 is 0 Å². The molecule has 0 aliphatic rings. The monoisotopic (exact) mass is 302 g/mol. The van der Waals surface area contributed by atoms with Gasteiger partial charge in [-0.05, 0) is 11.6 Å². The van der Waals surface area contributed by atoms with Gasteiger partial charge in [0.25, 0.3) is 0 Å². The molecule has 4 heteroatoms. The lowest BCUT2D eigenvalue weighted by Crippen LogP contribution is -2.05. The summed E-state index contributed by atoms with van der Waals surface area (Å²) in [6.45, 7) is 0.